The van der Waals surface area contributed by atoms with Crippen molar-refractivity contribution in [2.24, 2.45) is 34.0 Å². The van der Waals surface area contributed by atoms with Crippen LogP contribution in [0, 0.1) is 34.0 Å². The minimum Gasteiger partial charge on any atom is -0.393 e. The molecule has 0 aromatic heterocycles. The molecule has 0 aromatic carbocycles. The Kier molecular flexibility index (Phi) is 2.76. The van der Waals surface area contributed by atoms with E-state index in [0.29, 0.717) is 23.5 Å². The third-order valence-electron chi connectivity index (χ3n) is 8.66. The van der Waals surface area contributed by atoms with E-state index in [2.05, 4.69) is 34.6 Å². The molecular weight excluding hydrogens is 272 g/mol. The summed E-state index contributed by atoms with van der Waals surface area (Å²) < 4.78 is 0. The fourth-order valence-electron chi connectivity index (χ4n) is 7.74. The standard InChI is InChI=1S/C20H30O2/c1-11-6-7-20-12(2)8-14(21)13(18(20,3)4)9-16(20)19(5)10-15(22)17(11)19/h12-14,16,21H,6-10H2,1-5H3/t12-,13-,14-,16+,19+,20-/m1/s1. The number of ketones is 1. The number of carbonyl (C=O) groups is 1. The van der Waals surface area contributed by atoms with E-state index in [9.17, 15) is 9.90 Å². The lowest BCUT2D eigenvalue weighted by atomic mass is 9.45. The third kappa shape index (κ3) is 1.36. The van der Waals surface area contributed by atoms with Crippen molar-refractivity contribution < 1.29 is 9.90 Å². The second-order valence-electron chi connectivity index (χ2n) is 9.53. The Bertz CT molecular complexity index is 587. The zero-order valence-electron chi connectivity index (χ0n) is 14.7. The Morgan fingerprint density at radius 1 is 1.18 bits per heavy atom. The van der Waals surface area contributed by atoms with Crippen LogP contribution in [-0.2, 0) is 4.79 Å². The zero-order chi connectivity index (χ0) is 16.1. The molecule has 0 aromatic rings. The number of Topliss-reactive ketones (excluding diaryl/α,β-unsaturated/α-hetero) is 1. The molecule has 0 aliphatic heterocycles. The Morgan fingerprint density at radius 2 is 1.86 bits per heavy atom. The first-order valence-electron chi connectivity index (χ1n) is 9.07. The Labute approximate surface area is 134 Å². The van der Waals surface area contributed by atoms with Gasteiger partial charge in [-0.3, -0.25) is 4.79 Å². The van der Waals surface area contributed by atoms with Crippen molar-refractivity contribution in [2.75, 3.05) is 0 Å². The van der Waals surface area contributed by atoms with Crippen LogP contribution in [0.4, 0.5) is 0 Å². The third-order valence-corrected chi connectivity index (χ3v) is 8.66. The van der Waals surface area contributed by atoms with Crippen molar-refractivity contribution >= 4 is 5.78 Å². The smallest absolute Gasteiger partial charge is 0.160 e. The van der Waals surface area contributed by atoms with Crippen LogP contribution >= 0.6 is 0 Å². The SMILES string of the molecule is CC1=C2C(=O)C[C@@]2(C)[C@@H]2C[C@@H]3[C@H](O)C[C@@H](C)[C@@]2(CC1)C3(C)C. The summed E-state index contributed by atoms with van der Waals surface area (Å²) in [6.45, 7) is 11.7. The van der Waals surface area contributed by atoms with Gasteiger partial charge in [-0.05, 0) is 61.2 Å². The first-order valence-corrected chi connectivity index (χ1v) is 9.07. The first-order chi connectivity index (χ1) is 10.2. The molecule has 4 aliphatic carbocycles. The molecule has 0 heterocycles. The van der Waals surface area contributed by atoms with Gasteiger partial charge in [-0.2, -0.15) is 0 Å². The van der Waals surface area contributed by atoms with Gasteiger partial charge in [0, 0.05) is 17.4 Å². The summed E-state index contributed by atoms with van der Waals surface area (Å²) in [6, 6.07) is 0. The highest BCUT2D eigenvalue weighted by Crippen LogP contribution is 2.76. The van der Waals surface area contributed by atoms with Gasteiger partial charge in [0.2, 0.25) is 0 Å². The molecule has 2 nitrogen and oxygen atoms in total. The van der Waals surface area contributed by atoms with E-state index in [0.717, 1.165) is 25.7 Å². The topological polar surface area (TPSA) is 37.3 Å². The number of aliphatic hydroxyl groups is 1. The Morgan fingerprint density at radius 3 is 2.50 bits per heavy atom. The maximum absolute atomic E-state index is 12.3. The quantitative estimate of drug-likeness (QED) is 0.730. The van der Waals surface area contributed by atoms with Gasteiger partial charge in [-0.25, -0.2) is 0 Å². The van der Waals surface area contributed by atoms with Crippen LogP contribution in [-0.4, -0.2) is 17.0 Å². The van der Waals surface area contributed by atoms with E-state index in [1.807, 2.05) is 0 Å². The van der Waals surface area contributed by atoms with E-state index in [1.54, 1.807) is 0 Å². The normalized spacial score (nSPS) is 52.7. The fourth-order valence-corrected chi connectivity index (χ4v) is 7.74. The average Bonchev–Trinajstić information content (AvgIpc) is 2.49. The highest BCUT2D eigenvalue weighted by Gasteiger charge is 2.72. The lowest BCUT2D eigenvalue weighted by molar-refractivity contribution is -0.138. The second kappa shape index (κ2) is 4.06. The summed E-state index contributed by atoms with van der Waals surface area (Å²) in [6.07, 6.45) is 4.91. The molecule has 2 heteroatoms. The number of hydrogen-bond acceptors (Lipinski definition) is 2. The van der Waals surface area contributed by atoms with Gasteiger partial charge >= 0.3 is 0 Å². The maximum Gasteiger partial charge on any atom is 0.160 e. The number of fused-ring (bicyclic) bond motifs is 3. The van der Waals surface area contributed by atoms with E-state index >= 15 is 0 Å². The molecule has 0 radical (unpaired) electrons. The molecule has 0 saturated heterocycles. The summed E-state index contributed by atoms with van der Waals surface area (Å²) >= 11 is 0. The van der Waals surface area contributed by atoms with Crippen molar-refractivity contribution in [2.45, 2.75) is 72.8 Å². The van der Waals surface area contributed by atoms with Gasteiger partial charge in [0.05, 0.1) is 6.10 Å². The highest BCUT2D eigenvalue weighted by molar-refractivity contribution is 6.05. The summed E-state index contributed by atoms with van der Waals surface area (Å²) in [5.41, 5.74) is 3.05. The summed E-state index contributed by atoms with van der Waals surface area (Å²) in [5.74, 6) is 1.91. The van der Waals surface area contributed by atoms with Crippen molar-refractivity contribution in [3.05, 3.63) is 11.1 Å². The lowest BCUT2D eigenvalue weighted by Crippen LogP contribution is -2.56. The number of rotatable bonds is 0. The average molecular weight is 302 g/mol. The van der Waals surface area contributed by atoms with Crippen LogP contribution in [0.5, 0.6) is 0 Å². The number of carbonyl (C=O) groups excluding carboxylic acids is 1. The van der Waals surface area contributed by atoms with Crippen molar-refractivity contribution in [1.82, 2.24) is 0 Å². The Hall–Kier alpha value is -0.630. The van der Waals surface area contributed by atoms with Crippen molar-refractivity contribution in [1.29, 1.82) is 0 Å². The number of allylic oxidation sites excluding steroid dienone is 2. The van der Waals surface area contributed by atoms with E-state index in [-0.39, 0.29) is 22.3 Å². The molecule has 4 aliphatic rings. The fraction of sp³-hybridized carbons (Fsp3) is 0.850. The monoisotopic (exact) mass is 302 g/mol. The van der Waals surface area contributed by atoms with Gasteiger partial charge in [0.25, 0.3) is 0 Å². The predicted molar refractivity (Wildman–Crippen MR) is 87.3 cm³/mol. The zero-order valence-corrected chi connectivity index (χ0v) is 14.7. The van der Waals surface area contributed by atoms with Gasteiger partial charge < -0.3 is 5.11 Å². The van der Waals surface area contributed by atoms with E-state index in [1.165, 1.54) is 17.6 Å². The molecule has 22 heavy (non-hydrogen) atoms. The Balaban J connectivity index is 1.91. The van der Waals surface area contributed by atoms with Crippen LogP contribution in [0.1, 0.15) is 66.7 Å². The summed E-state index contributed by atoms with van der Waals surface area (Å²) in [7, 11) is 0. The second-order valence-corrected chi connectivity index (χ2v) is 9.53. The molecule has 0 amide bonds. The highest BCUT2D eigenvalue weighted by atomic mass is 16.3. The van der Waals surface area contributed by atoms with E-state index < -0.39 is 0 Å². The van der Waals surface area contributed by atoms with Crippen LogP contribution in [0.3, 0.4) is 0 Å². The van der Waals surface area contributed by atoms with Gasteiger partial charge in [-0.15, -0.1) is 0 Å². The molecule has 1 spiro atoms. The van der Waals surface area contributed by atoms with Crippen molar-refractivity contribution in [3.63, 3.8) is 0 Å². The van der Waals surface area contributed by atoms with Gasteiger partial charge in [-0.1, -0.05) is 33.3 Å². The molecule has 4 rings (SSSR count). The van der Waals surface area contributed by atoms with Crippen molar-refractivity contribution in [3.8, 4) is 0 Å². The molecule has 2 bridgehead atoms. The molecular formula is C20H30O2. The molecule has 122 valence electrons. The van der Waals surface area contributed by atoms with Gasteiger partial charge in [0.1, 0.15) is 0 Å². The molecule has 1 N–H and O–H groups in total. The predicted octanol–water partition coefficient (Wildman–Crippen LogP) is 4.13. The summed E-state index contributed by atoms with van der Waals surface area (Å²) in [5, 5.41) is 10.7. The maximum atomic E-state index is 12.3. The largest absolute Gasteiger partial charge is 0.393 e. The molecule has 3 saturated carbocycles. The molecule has 0 unspecified atom stereocenters. The van der Waals surface area contributed by atoms with Crippen LogP contribution < -0.4 is 0 Å². The van der Waals surface area contributed by atoms with Crippen LogP contribution in [0.25, 0.3) is 0 Å². The van der Waals surface area contributed by atoms with Gasteiger partial charge in [0.15, 0.2) is 5.78 Å². The minimum atomic E-state index is -0.157. The number of hydrogen-bond donors (Lipinski definition) is 1. The van der Waals surface area contributed by atoms with Crippen LogP contribution in [0.15, 0.2) is 11.1 Å². The lowest BCUT2D eigenvalue weighted by Gasteiger charge is -2.59. The van der Waals surface area contributed by atoms with Crippen LogP contribution in [0.2, 0.25) is 0 Å². The number of aliphatic hydroxyl groups excluding tert-OH is 1. The first kappa shape index (κ1) is 14.9. The molecule has 3 fully saturated rings. The minimum absolute atomic E-state index is 0.0714. The summed E-state index contributed by atoms with van der Waals surface area (Å²) in [4.78, 5) is 12.3. The van der Waals surface area contributed by atoms with E-state index in [4.69, 9.17) is 0 Å². The molecule has 6 atom stereocenters.